The van der Waals surface area contributed by atoms with Crippen LogP contribution in [0.2, 0.25) is 0 Å². The fourth-order valence-corrected chi connectivity index (χ4v) is 1.81. The summed E-state index contributed by atoms with van der Waals surface area (Å²) < 4.78 is 13.4. The van der Waals surface area contributed by atoms with Crippen LogP contribution in [-0.4, -0.2) is 16.5 Å². The van der Waals surface area contributed by atoms with E-state index in [4.69, 9.17) is 0 Å². The molecule has 5 heteroatoms. The molecule has 1 aromatic heterocycles. The third kappa shape index (κ3) is 2.55. The average Bonchev–Trinajstić information content (AvgIpc) is 2.79. The van der Waals surface area contributed by atoms with Gasteiger partial charge in [-0.25, -0.2) is 4.39 Å². The lowest BCUT2D eigenvalue weighted by molar-refractivity contribution is 0.602. The number of H-pyrrole nitrogens is 1. The molecule has 0 saturated carbocycles. The van der Waals surface area contributed by atoms with Crippen LogP contribution in [-0.2, 0) is 6.54 Å². The van der Waals surface area contributed by atoms with Gasteiger partial charge >= 0.3 is 0 Å². The van der Waals surface area contributed by atoms with Crippen LogP contribution in [0.3, 0.4) is 0 Å². The zero-order chi connectivity index (χ0) is 11.4. The molecule has 0 aliphatic heterocycles. The Bertz CT molecular complexity index is 456. The highest BCUT2D eigenvalue weighted by Gasteiger charge is 2.02. The second kappa shape index (κ2) is 5.03. The molecule has 3 nitrogen and oxygen atoms in total. The summed E-state index contributed by atoms with van der Waals surface area (Å²) in [5.74, 6) is -0.192. The Kier molecular flexibility index (Phi) is 3.46. The lowest BCUT2D eigenvalue weighted by atomic mass is 10.3. The molecule has 2 aromatic rings. The molecule has 2 N–H and O–H groups in total. The Labute approximate surface area is 97.5 Å². The van der Waals surface area contributed by atoms with Crippen molar-refractivity contribution >= 4 is 17.4 Å². The molecule has 0 aliphatic carbocycles. The summed E-state index contributed by atoms with van der Waals surface area (Å²) in [5.41, 5.74) is 1.74. The van der Waals surface area contributed by atoms with Crippen molar-refractivity contribution in [3.05, 3.63) is 42.0 Å². The number of aromatic amines is 1. The van der Waals surface area contributed by atoms with Gasteiger partial charge in [0.1, 0.15) is 5.82 Å². The molecule has 1 heterocycles. The van der Waals surface area contributed by atoms with Crippen molar-refractivity contribution in [2.24, 2.45) is 0 Å². The van der Waals surface area contributed by atoms with Gasteiger partial charge in [-0.2, -0.15) is 5.10 Å². The molecule has 0 saturated heterocycles. The number of nitrogens with zero attached hydrogens (tertiary/aromatic N) is 1. The van der Waals surface area contributed by atoms with E-state index in [0.29, 0.717) is 11.4 Å². The molecule has 0 aliphatic rings. The fraction of sp³-hybridized carbons (Fsp3) is 0.182. The van der Waals surface area contributed by atoms with Crippen molar-refractivity contribution in [3.8, 4) is 0 Å². The molecule has 0 bridgehead atoms. The first-order valence-electron chi connectivity index (χ1n) is 4.85. The fourth-order valence-electron chi connectivity index (χ4n) is 1.36. The monoisotopic (exact) mass is 237 g/mol. The number of rotatable bonds is 4. The Morgan fingerprint density at radius 3 is 2.94 bits per heavy atom. The number of hydrogen-bond acceptors (Lipinski definition) is 3. The molecule has 2 rings (SSSR count). The van der Waals surface area contributed by atoms with Gasteiger partial charge in [0.05, 0.1) is 12.2 Å². The van der Waals surface area contributed by atoms with Crippen LogP contribution in [0.4, 0.5) is 10.1 Å². The topological polar surface area (TPSA) is 40.7 Å². The average molecular weight is 237 g/mol. The lowest BCUT2D eigenvalue weighted by Gasteiger charge is -2.06. The number of benzene rings is 1. The summed E-state index contributed by atoms with van der Waals surface area (Å²) in [6.45, 7) is 0.609. The maximum absolute atomic E-state index is 13.4. The Morgan fingerprint density at radius 1 is 1.44 bits per heavy atom. The smallest absolute Gasteiger partial charge is 0.138 e. The number of aromatic nitrogens is 2. The summed E-state index contributed by atoms with van der Waals surface area (Å²) in [7, 11) is 0. The predicted molar refractivity (Wildman–Crippen MR) is 64.1 cm³/mol. The number of anilines is 1. The maximum atomic E-state index is 13.4. The Hall–Kier alpha value is -1.49. The standard InChI is InChI=1S/C11H12FN3S/c1-16-11-3-2-8(6-10(11)12)13-7-9-4-5-14-15-9/h2-6,13H,7H2,1H3,(H,14,15). The third-order valence-corrected chi connectivity index (χ3v) is 2.96. The SMILES string of the molecule is CSc1ccc(NCc2ccn[nH]2)cc1F. The largest absolute Gasteiger partial charge is 0.379 e. The summed E-state index contributed by atoms with van der Waals surface area (Å²) in [5, 5.41) is 9.79. The highest BCUT2D eigenvalue weighted by molar-refractivity contribution is 7.98. The van der Waals surface area contributed by atoms with E-state index in [0.717, 1.165) is 11.4 Å². The molecular formula is C11H12FN3S. The van der Waals surface area contributed by atoms with E-state index in [1.807, 2.05) is 18.4 Å². The predicted octanol–water partition coefficient (Wildman–Crippen LogP) is 2.88. The number of thioether (sulfide) groups is 1. The molecule has 0 radical (unpaired) electrons. The van der Waals surface area contributed by atoms with Crippen molar-refractivity contribution < 1.29 is 4.39 Å². The van der Waals surface area contributed by atoms with Crippen LogP contribution in [0.5, 0.6) is 0 Å². The highest BCUT2D eigenvalue weighted by atomic mass is 32.2. The lowest BCUT2D eigenvalue weighted by Crippen LogP contribution is -2.00. The molecule has 0 atom stereocenters. The second-order valence-corrected chi connectivity index (χ2v) is 4.13. The highest BCUT2D eigenvalue weighted by Crippen LogP contribution is 2.22. The van der Waals surface area contributed by atoms with E-state index in [-0.39, 0.29) is 5.82 Å². The number of nitrogens with one attached hydrogen (secondary N) is 2. The molecule has 0 amide bonds. The van der Waals surface area contributed by atoms with Gasteiger partial charge in [0.2, 0.25) is 0 Å². The van der Waals surface area contributed by atoms with Crippen LogP contribution in [0, 0.1) is 5.82 Å². The normalized spacial score (nSPS) is 10.4. The first-order chi connectivity index (χ1) is 7.79. The maximum Gasteiger partial charge on any atom is 0.138 e. The summed E-state index contributed by atoms with van der Waals surface area (Å²) >= 11 is 1.40. The molecule has 1 aromatic carbocycles. The number of hydrogen-bond donors (Lipinski definition) is 2. The van der Waals surface area contributed by atoms with Crippen molar-refractivity contribution in [3.63, 3.8) is 0 Å². The van der Waals surface area contributed by atoms with Gasteiger partial charge in [0.25, 0.3) is 0 Å². The summed E-state index contributed by atoms with van der Waals surface area (Å²) in [6.07, 6.45) is 3.55. The molecule has 0 unspecified atom stereocenters. The summed E-state index contributed by atoms with van der Waals surface area (Å²) in [6, 6.07) is 7.02. The van der Waals surface area contributed by atoms with Gasteiger partial charge in [-0.3, -0.25) is 5.10 Å². The van der Waals surface area contributed by atoms with E-state index in [9.17, 15) is 4.39 Å². The van der Waals surface area contributed by atoms with Gasteiger partial charge in [0, 0.05) is 16.8 Å². The van der Waals surface area contributed by atoms with Crippen molar-refractivity contribution in [1.82, 2.24) is 10.2 Å². The van der Waals surface area contributed by atoms with E-state index < -0.39 is 0 Å². The van der Waals surface area contributed by atoms with E-state index in [2.05, 4.69) is 15.5 Å². The van der Waals surface area contributed by atoms with E-state index in [1.165, 1.54) is 17.8 Å². The first-order valence-corrected chi connectivity index (χ1v) is 6.08. The van der Waals surface area contributed by atoms with Crippen molar-refractivity contribution in [2.75, 3.05) is 11.6 Å². The second-order valence-electron chi connectivity index (χ2n) is 3.28. The molecule has 0 fully saturated rings. The van der Waals surface area contributed by atoms with Gasteiger partial charge < -0.3 is 5.32 Å². The van der Waals surface area contributed by atoms with Gasteiger partial charge in [0.15, 0.2) is 0 Å². The zero-order valence-electron chi connectivity index (χ0n) is 8.83. The molecule has 0 spiro atoms. The Morgan fingerprint density at radius 2 is 2.31 bits per heavy atom. The van der Waals surface area contributed by atoms with Crippen molar-refractivity contribution in [2.45, 2.75) is 11.4 Å². The molecule has 16 heavy (non-hydrogen) atoms. The minimum atomic E-state index is -0.192. The number of halogens is 1. The van der Waals surface area contributed by atoms with Gasteiger partial charge in [-0.05, 0) is 30.5 Å². The van der Waals surface area contributed by atoms with Crippen molar-refractivity contribution in [1.29, 1.82) is 0 Å². The minimum absolute atomic E-state index is 0.192. The third-order valence-electron chi connectivity index (χ3n) is 2.19. The van der Waals surface area contributed by atoms with Crippen LogP contribution in [0.15, 0.2) is 35.4 Å². The van der Waals surface area contributed by atoms with E-state index in [1.54, 1.807) is 12.3 Å². The molecular weight excluding hydrogens is 225 g/mol. The van der Waals surface area contributed by atoms with Gasteiger partial charge in [-0.15, -0.1) is 11.8 Å². The van der Waals surface area contributed by atoms with Gasteiger partial charge in [-0.1, -0.05) is 0 Å². The Balaban J connectivity index is 2.02. The minimum Gasteiger partial charge on any atom is -0.379 e. The van der Waals surface area contributed by atoms with Crippen LogP contribution in [0.25, 0.3) is 0 Å². The van der Waals surface area contributed by atoms with Crippen LogP contribution >= 0.6 is 11.8 Å². The molecule has 84 valence electrons. The van der Waals surface area contributed by atoms with Crippen LogP contribution in [0.1, 0.15) is 5.69 Å². The van der Waals surface area contributed by atoms with E-state index >= 15 is 0 Å². The quantitative estimate of drug-likeness (QED) is 0.803. The van der Waals surface area contributed by atoms with Crippen LogP contribution < -0.4 is 5.32 Å². The zero-order valence-corrected chi connectivity index (χ0v) is 9.64. The first kappa shape index (κ1) is 11.0. The summed E-state index contributed by atoms with van der Waals surface area (Å²) in [4.78, 5) is 0.659.